The van der Waals surface area contributed by atoms with Gasteiger partial charge >= 0.3 is 0 Å². The zero-order valence-electron chi connectivity index (χ0n) is 11.2. The largest absolute Gasteiger partial charge is 0.393 e. The minimum Gasteiger partial charge on any atom is -0.393 e. The molecule has 0 spiro atoms. The van der Waals surface area contributed by atoms with Crippen LogP contribution in [0.2, 0.25) is 0 Å². The summed E-state index contributed by atoms with van der Waals surface area (Å²) in [6.45, 7) is 2.13. The van der Waals surface area contributed by atoms with Crippen LogP contribution in [0.3, 0.4) is 0 Å². The molecule has 1 aromatic heterocycles. The summed E-state index contributed by atoms with van der Waals surface area (Å²) < 4.78 is 2.21. The minimum atomic E-state index is -0.0919. The molecule has 2 unspecified atom stereocenters. The maximum atomic E-state index is 9.97. The topological polar surface area (TPSA) is 25.2 Å². The molecule has 1 saturated carbocycles. The molecule has 18 heavy (non-hydrogen) atoms. The van der Waals surface area contributed by atoms with Crippen molar-refractivity contribution in [1.82, 2.24) is 4.57 Å². The van der Waals surface area contributed by atoms with Gasteiger partial charge in [-0.1, -0.05) is 18.6 Å². The molecule has 1 aliphatic rings. The van der Waals surface area contributed by atoms with Crippen LogP contribution in [0.5, 0.6) is 0 Å². The van der Waals surface area contributed by atoms with Crippen LogP contribution in [0, 0.1) is 12.8 Å². The highest BCUT2D eigenvalue weighted by atomic mass is 16.3. The van der Waals surface area contributed by atoms with E-state index in [1.165, 1.54) is 34.9 Å². The second kappa shape index (κ2) is 4.43. The second-order valence-electron chi connectivity index (χ2n) is 5.75. The van der Waals surface area contributed by atoms with Crippen molar-refractivity contribution in [3.8, 4) is 0 Å². The van der Waals surface area contributed by atoms with E-state index in [4.69, 9.17) is 0 Å². The Morgan fingerprint density at radius 2 is 2.17 bits per heavy atom. The van der Waals surface area contributed by atoms with Crippen molar-refractivity contribution in [2.75, 3.05) is 0 Å². The van der Waals surface area contributed by atoms with Gasteiger partial charge < -0.3 is 9.67 Å². The minimum absolute atomic E-state index is 0.0919. The molecule has 1 N–H and O–H groups in total. The highest BCUT2D eigenvalue weighted by molar-refractivity contribution is 5.84. The number of benzene rings is 1. The van der Waals surface area contributed by atoms with E-state index in [0.717, 1.165) is 12.8 Å². The lowest BCUT2D eigenvalue weighted by atomic mass is 9.96. The van der Waals surface area contributed by atoms with Crippen LogP contribution in [-0.4, -0.2) is 15.8 Å². The molecule has 1 aromatic carbocycles. The smallest absolute Gasteiger partial charge is 0.0571 e. The number of hydrogen-bond donors (Lipinski definition) is 1. The first-order chi connectivity index (χ1) is 8.65. The number of aliphatic hydroxyl groups is 1. The number of aliphatic hydroxyl groups excluding tert-OH is 1. The summed E-state index contributed by atoms with van der Waals surface area (Å²) in [7, 11) is 2.11. The molecule has 2 aromatic rings. The molecule has 2 atom stereocenters. The number of hydrogen-bond acceptors (Lipinski definition) is 1. The number of nitrogens with zero attached hydrogens (tertiary/aromatic N) is 1. The highest BCUT2D eigenvalue weighted by Crippen LogP contribution is 2.31. The Kier molecular flexibility index (Phi) is 2.90. The van der Waals surface area contributed by atoms with Gasteiger partial charge in [0.05, 0.1) is 6.10 Å². The predicted octanol–water partition coefficient (Wildman–Crippen LogP) is 3.19. The van der Waals surface area contributed by atoms with E-state index in [2.05, 4.69) is 42.9 Å². The van der Waals surface area contributed by atoms with Crippen molar-refractivity contribution in [3.63, 3.8) is 0 Å². The first-order valence-electron chi connectivity index (χ1n) is 6.88. The van der Waals surface area contributed by atoms with Crippen molar-refractivity contribution in [3.05, 3.63) is 35.5 Å². The Balaban J connectivity index is 1.97. The van der Waals surface area contributed by atoms with Crippen LogP contribution in [0.4, 0.5) is 0 Å². The SMILES string of the molecule is Cc1ccc2c(CC3CCCC3O)cn(C)c2c1. The lowest BCUT2D eigenvalue weighted by molar-refractivity contribution is 0.133. The third-order valence-corrected chi connectivity index (χ3v) is 4.33. The molecule has 0 bridgehead atoms. The fourth-order valence-electron chi connectivity index (χ4n) is 3.28. The quantitative estimate of drug-likeness (QED) is 0.861. The van der Waals surface area contributed by atoms with Gasteiger partial charge in [-0.3, -0.25) is 0 Å². The molecule has 1 fully saturated rings. The summed E-state index contributed by atoms with van der Waals surface area (Å²) in [5.41, 5.74) is 3.99. The standard InChI is InChI=1S/C16H21NO/c1-11-6-7-14-13(10-17(2)15(14)8-11)9-12-4-3-5-16(12)18/h6-8,10,12,16,18H,3-5,9H2,1-2H3. The molecule has 0 amide bonds. The summed E-state index contributed by atoms with van der Waals surface area (Å²) >= 11 is 0. The van der Waals surface area contributed by atoms with Gasteiger partial charge in [0, 0.05) is 24.1 Å². The van der Waals surface area contributed by atoms with Gasteiger partial charge in [0.2, 0.25) is 0 Å². The van der Waals surface area contributed by atoms with Crippen LogP contribution in [0.1, 0.15) is 30.4 Å². The Bertz CT molecular complexity index is 570. The molecule has 1 aliphatic carbocycles. The van der Waals surface area contributed by atoms with E-state index in [9.17, 15) is 5.11 Å². The average Bonchev–Trinajstić information content (AvgIpc) is 2.86. The van der Waals surface area contributed by atoms with Gasteiger partial charge in [-0.05, 0) is 49.3 Å². The number of fused-ring (bicyclic) bond motifs is 1. The number of rotatable bonds is 2. The van der Waals surface area contributed by atoms with E-state index in [-0.39, 0.29) is 6.10 Å². The number of aromatic nitrogens is 1. The molecular weight excluding hydrogens is 222 g/mol. The summed E-state index contributed by atoms with van der Waals surface area (Å²) in [4.78, 5) is 0. The zero-order valence-corrected chi connectivity index (χ0v) is 11.2. The van der Waals surface area contributed by atoms with Gasteiger partial charge in [0.15, 0.2) is 0 Å². The van der Waals surface area contributed by atoms with E-state index in [1.807, 2.05) is 0 Å². The van der Waals surface area contributed by atoms with Crippen LogP contribution in [0.15, 0.2) is 24.4 Å². The lowest BCUT2D eigenvalue weighted by Crippen LogP contribution is -2.15. The lowest BCUT2D eigenvalue weighted by Gasteiger charge is -2.13. The maximum Gasteiger partial charge on any atom is 0.0571 e. The van der Waals surface area contributed by atoms with Crippen LogP contribution in [-0.2, 0) is 13.5 Å². The van der Waals surface area contributed by atoms with Gasteiger partial charge in [-0.15, -0.1) is 0 Å². The fourth-order valence-corrected chi connectivity index (χ4v) is 3.28. The van der Waals surface area contributed by atoms with Gasteiger partial charge in [0.1, 0.15) is 0 Å². The van der Waals surface area contributed by atoms with Gasteiger partial charge in [0.25, 0.3) is 0 Å². The van der Waals surface area contributed by atoms with E-state index >= 15 is 0 Å². The third kappa shape index (κ3) is 1.95. The van der Waals surface area contributed by atoms with Crippen LogP contribution < -0.4 is 0 Å². The Labute approximate surface area is 108 Å². The van der Waals surface area contributed by atoms with Crippen molar-refractivity contribution in [2.45, 2.75) is 38.7 Å². The molecule has 2 nitrogen and oxygen atoms in total. The van der Waals surface area contributed by atoms with Crippen molar-refractivity contribution in [2.24, 2.45) is 13.0 Å². The maximum absolute atomic E-state index is 9.97. The molecular formula is C16H21NO. The second-order valence-corrected chi connectivity index (χ2v) is 5.75. The van der Waals surface area contributed by atoms with E-state index in [1.54, 1.807) is 0 Å². The molecule has 3 rings (SSSR count). The molecule has 0 saturated heterocycles. The Hall–Kier alpha value is -1.28. The highest BCUT2D eigenvalue weighted by Gasteiger charge is 2.26. The Morgan fingerprint density at radius 1 is 1.33 bits per heavy atom. The summed E-state index contributed by atoms with van der Waals surface area (Å²) in [6.07, 6.45) is 6.48. The van der Waals surface area contributed by atoms with Crippen molar-refractivity contribution >= 4 is 10.9 Å². The summed E-state index contributed by atoms with van der Waals surface area (Å²) in [5.74, 6) is 0.455. The van der Waals surface area contributed by atoms with E-state index < -0.39 is 0 Å². The number of aryl methyl sites for hydroxylation is 2. The fraction of sp³-hybridized carbons (Fsp3) is 0.500. The van der Waals surface area contributed by atoms with E-state index in [0.29, 0.717) is 5.92 Å². The van der Waals surface area contributed by atoms with Crippen molar-refractivity contribution in [1.29, 1.82) is 0 Å². The normalized spacial score (nSPS) is 23.9. The Morgan fingerprint density at radius 3 is 2.89 bits per heavy atom. The molecule has 1 heterocycles. The molecule has 96 valence electrons. The van der Waals surface area contributed by atoms with Crippen LogP contribution >= 0.6 is 0 Å². The zero-order chi connectivity index (χ0) is 12.7. The van der Waals surface area contributed by atoms with Crippen molar-refractivity contribution < 1.29 is 5.11 Å². The summed E-state index contributed by atoms with van der Waals surface area (Å²) in [6, 6.07) is 6.64. The third-order valence-electron chi connectivity index (χ3n) is 4.33. The van der Waals surface area contributed by atoms with Gasteiger partial charge in [-0.2, -0.15) is 0 Å². The van der Waals surface area contributed by atoms with Gasteiger partial charge in [-0.25, -0.2) is 0 Å². The molecule has 2 heteroatoms. The average molecular weight is 243 g/mol. The van der Waals surface area contributed by atoms with Crippen LogP contribution in [0.25, 0.3) is 10.9 Å². The monoisotopic (exact) mass is 243 g/mol. The first kappa shape index (κ1) is 11.8. The predicted molar refractivity (Wildman–Crippen MR) is 74.7 cm³/mol. The molecule has 0 aliphatic heterocycles. The molecule has 0 radical (unpaired) electrons. The summed E-state index contributed by atoms with van der Waals surface area (Å²) in [5, 5.41) is 11.3. The first-order valence-corrected chi connectivity index (χ1v) is 6.88.